The Balaban J connectivity index is 2.20. The molecule has 0 amide bonds. The van der Waals surface area contributed by atoms with E-state index in [-0.39, 0.29) is 6.04 Å². The molecule has 2 aromatic heterocycles. The van der Waals surface area contributed by atoms with Gasteiger partial charge in [0.1, 0.15) is 5.82 Å². The van der Waals surface area contributed by atoms with E-state index in [1.165, 1.54) is 11.1 Å². The second-order valence-electron chi connectivity index (χ2n) is 4.30. The van der Waals surface area contributed by atoms with Crippen LogP contribution in [0.5, 0.6) is 0 Å². The SMILES string of the molecule is CNC(Cc1nccn1C)c1cncc(C)c1. The van der Waals surface area contributed by atoms with Crippen LogP contribution < -0.4 is 5.32 Å². The number of nitrogens with zero attached hydrogens (tertiary/aromatic N) is 3. The van der Waals surface area contributed by atoms with Crippen molar-refractivity contribution in [1.29, 1.82) is 0 Å². The smallest absolute Gasteiger partial charge is 0.110 e. The van der Waals surface area contributed by atoms with Crippen LogP contribution in [0.1, 0.15) is 23.0 Å². The van der Waals surface area contributed by atoms with Crippen molar-refractivity contribution in [1.82, 2.24) is 19.9 Å². The second kappa shape index (κ2) is 5.10. The van der Waals surface area contributed by atoms with Crippen LogP contribution in [0.15, 0.2) is 30.9 Å². The molecule has 1 atom stereocenters. The van der Waals surface area contributed by atoms with E-state index in [1.54, 1.807) is 0 Å². The molecule has 0 radical (unpaired) electrons. The summed E-state index contributed by atoms with van der Waals surface area (Å²) < 4.78 is 2.05. The molecule has 17 heavy (non-hydrogen) atoms. The van der Waals surface area contributed by atoms with Crippen LogP contribution in [-0.4, -0.2) is 21.6 Å². The summed E-state index contributed by atoms with van der Waals surface area (Å²) in [5, 5.41) is 3.32. The van der Waals surface area contributed by atoms with Gasteiger partial charge in [-0.25, -0.2) is 4.98 Å². The highest BCUT2D eigenvalue weighted by Gasteiger charge is 2.13. The Morgan fingerprint density at radius 3 is 2.82 bits per heavy atom. The van der Waals surface area contributed by atoms with E-state index in [4.69, 9.17) is 0 Å². The van der Waals surface area contributed by atoms with Gasteiger partial charge in [-0.05, 0) is 25.1 Å². The summed E-state index contributed by atoms with van der Waals surface area (Å²) >= 11 is 0. The molecule has 0 spiro atoms. The number of nitrogens with one attached hydrogen (secondary N) is 1. The molecule has 1 N–H and O–H groups in total. The molecular formula is C13H18N4. The first kappa shape index (κ1) is 11.8. The number of pyridine rings is 1. The zero-order chi connectivity index (χ0) is 12.3. The lowest BCUT2D eigenvalue weighted by atomic mass is 10.0. The molecule has 0 aliphatic rings. The first-order valence-electron chi connectivity index (χ1n) is 5.75. The molecule has 0 fully saturated rings. The Hall–Kier alpha value is -1.68. The fraction of sp³-hybridized carbons (Fsp3) is 0.385. The number of hydrogen-bond acceptors (Lipinski definition) is 3. The van der Waals surface area contributed by atoms with E-state index in [0.717, 1.165) is 12.2 Å². The Bertz CT molecular complexity index is 490. The minimum Gasteiger partial charge on any atom is -0.338 e. The van der Waals surface area contributed by atoms with Gasteiger partial charge in [-0.3, -0.25) is 4.98 Å². The van der Waals surface area contributed by atoms with Crippen LogP contribution in [0.2, 0.25) is 0 Å². The Labute approximate surface area is 102 Å². The van der Waals surface area contributed by atoms with Gasteiger partial charge >= 0.3 is 0 Å². The molecule has 0 aromatic carbocycles. The maximum Gasteiger partial charge on any atom is 0.110 e. The van der Waals surface area contributed by atoms with Gasteiger partial charge in [0.05, 0.1) is 0 Å². The minimum absolute atomic E-state index is 0.253. The molecule has 0 saturated carbocycles. The largest absolute Gasteiger partial charge is 0.338 e. The predicted octanol–water partition coefficient (Wildman–Crippen LogP) is 1.63. The van der Waals surface area contributed by atoms with Crippen molar-refractivity contribution in [2.24, 2.45) is 7.05 Å². The highest BCUT2D eigenvalue weighted by atomic mass is 15.0. The summed E-state index contributed by atoms with van der Waals surface area (Å²) in [6.07, 6.45) is 8.45. The summed E-state index contributed by atoms with van der Waals surface area (Å²) in [7, 11) is 3.99. The lowest BCUT2D eigenvalue weighted by Gasteiger charge is -2.16. The first-order valence-corrected chi connectivity index (χ1v) is 5.75. The number of rotatable bonds is 4. The minimum atomic E-state index is 0.253. The normalized spacial score (nSPS) is 12.6. The van der Waals surface area contributed by atoms with E-state index in [1.807, 2.05) is 43.4 Å². The highest BCUT2D eigenvalue weighted by Crippen LogP contribution is 2.17. The van der Waals surface area contributed by atoms with E-state index in [0.29, 0.717) is 0 Å². The maximum absolute atomic E-state index is 4.35. The highest BCUT2D eigenvalue weighted by molar-refractivity contribution is 5.21. The third kappa shape index (κ3) is 2.71. The van der Waals surface area contributed by atoms with Crippen LogP contribution in [0.4, 0.5) is 0 Å². The summed E-state index contributed by atoms with van der Waals surface area (Å²) in [5.74, 6) is 1.07. The van der Waals surface area contributed by atoms with Crippen LogP contribution >= 0.6 is 0 Å². The summed E-state index contributed by atoms with van der Waals surface area (Å²) in [4.78, 5) is 8.59. The van der Waals surface area contributed by atoms with Gasteiger partial charge in [-0.2, -0.15) is 0 Å². The number of aryl methyl sites for hydroxylation is 2. The zero-order valence-electron chi connectivity index (χ0n) is 10.5. The van der Waals surface area contributed by atoms with Crippen LogP contribution in [0.25, 0.3) is 0 Å². The number of imidazole rings is 1. The average Bonchev–Trinajstić information content (AvgIpc) is 2.71. The molecule has 2 rings (SSSR count). The van der Waals surface area contributed by atoms with Gasteiger partial charge in [0, 0.05) is 44.3 Å². The van der Waals surface area contributed by atoms with Gasteiger partial charge < -0.3 is 9.88 Å². The van der Waals surface area contributed by atoms with Crippen molar-refractivity contribution >= 4 is 0 Å². The maximum atomic E-state index is 4.35. The molecule has 0 saturated heterocycles. The van der Waals surface area contributed by atoms with Crippen LogP contribution in [0, 0.1) is 6.92 Å². The first-order chi connectivity index (χ1) is 8.20. The van der Waals surface area contributed by atoms with Gasteiger partial charge in [-0.15, -0.1) is 0 Å². The Morgan fingerprint density at radius 1 is 1.41 bits per heavy atom. The molecule has 4 nitrogen and oxygen atoms in total. The number of likely N-dealkylation sites (N-methyl/N-ethyl adjacent to an activating group) is 1. The molecule has 0 aliphatic heterocycles. The third-order valence-electron chi connectivity index (χ3n) is 2.95. The monoisotopic (exact) mass is 230 g/mol. The number of aromatic nitrogens is 3. The summed E-state index contributed by atoms with van der Waals surface area (Å²) in [6, 6.07) is 2.42. The van der Waals surface area contributed by atoms with Crippen molar-refractivity contribution in [2.45, 2.75) is 19.4 Å². The molecule has 2 heterocycles. The van der Waals surface area contributed by atoms with Crippen molar-refractivity contribution in [3.63, 3.8) is 0 Å². The van der Waals surface area contributed by atoms with Crippen molar-refractivity contribution in [2.75, 3.05) is 7.05 Å². The van der Waals surface area contributed by atoms with E-state index < -0.39 is 0 Å². The summed E-state index contributed by atoms with van der Waals surface area (Å²) in [6.45, 7) is 2.06. The Kier molecular flexibility index (Phi) is 3.54. The lowest BCUT2D eigenvalue weighted by molar-refractivity contribution is 0.561. The van der Waals surface area contributed by atoms with Gasteiger partial charge in [0.15, 0.2) is 0 Å². The Morgan fingerprint density at radius 2 is 2.24 bits per heavy atom. The van der Waals surface area contributed by atoms with Crippen molar-refractivity contribution < 1.29 is 0 Å². The predicted molar refractivity (Wildman–Crippen MR) is 67.7 cm³/mol. The molecule has 0 aliphatic carbocycles. The fourth-order valence-corrected chi connectivity index (χ4v) is 1.93. The fourth-order valence-electron chi connectivity index (χ4n) is 1.93. The van der Waals surface area contributed by atoms with E-state index in [2.05, 4.69) is 28.3 Å². The van der Waals surface area contributed by atoms with E-state index in [9.17, 15) is 0 Å². The van der Waals surface area contributed by atoms with Crippen molar-refractivity contribution in [3.8, 4) is 0 Å². The molecule has 90 valence electrons. The average molecular weight is 230 g/mol. The van der Waals surface area contributed by atoms with Crippen LogP contribution in [-0.2, 0) is 13.5 Å². The molecule has 0 bridgehead atoms. The van der Waals surface area contributed by atoms with Crippen LogP contribution in [0.3, 0.4) is 0 Å². The number of hydrogen-bond donors (Lipinski definition) is 1. The topological polar surface area (TPSA) is 42.7 Å². The van der Waals surface area contributed by atoms with E-state index >= 15 is 0 Å². The van der Waals surface area contributed by atoms with Crippen molar-refractivity contribution in [3.05, 3.63) is 47.8 Å². The second-order valence-corrected chi connectivity index (χ2v) is 4.30. The molecule has 1 unspecified atom stereocenters. The zero-order valence-corrected chi connectivity index (χ0v) is 10.5. The lowest BCUT2D eigenvalue weighted by Crippen LogP contribution is -2.20. The quantitative estimate of drug-likeness (QED) is 0.868. The molecule has 2 aromatic rings. The standard InChI is InChI=1S/C13H18N4/c1-10-6-11(9-15-8-10)12(14-2)7-13-16-4-5-17(13)3/h4-6,8-9,12,14H,7H2,1-3H3. The van der Waals surface area contributed by atoms with Gasteiger partial charge in [0.2, 0.25) is 0 Å². The summed E-state index contributed by atoms with van der Waals surface area (Å²) in [5.41, 5.74) is 2.39. The van der Waals surface area contributed by atoms with Gasteiger partial charge in [-0.1, -0.05) is 6.07 Å². The van der Waals surface area contributed by atoms with Gasteiger partial charge in [0.25, 0.3) is 0 Å². The molecular weight excluding hydrogens is 212 g/mol. The third-order valence-corrected chi connectivity index (χ3v) is 2.95. The molecule has 4 heteroatoms.